The fourth-order valence-electron chi connectivity index (χ4n) is 2.17. The van der Waals surface area contributed by atoms with Gasteiger partial charge < -0.3 is 24.8 Å². The predicted molar refractivity (Wildman–Crippen MR) is 83.6 cm³/mol. The fourth-order valence-corrected chi connectivity index (χ4v) is 2.17. The van der Waals surface area contributed by atoms with E-state index in [-0.39, 0.29) is 25.7 Å². The fraction of sp³-hybridized carbons (Fsp3) is 0.438. The smallest absolute Gasteiger partial charge is 0.329 e. The highest BCUT2D eigenvalue weighted by Crippen LogP contribution is 2.25. The average Bonchev–Trinajstić information content (AvgIpc) is 3.03. The lowest BCUT2D eigenvalue weighted by Crippen LogP contribution is -2.38. The minimum Gasteiger partial charge on any atom is -0.493 e. The van der Waals surface area contributed by atoms with Crippen LogP contribution in [0, 0.1) is 0 Å². The van der Waals surface area contributed by atoms with Crippen molar-refractivity contribution in [1.82, 2.24) is 10.6 Å². The maximum Gasteiger partial charge on any atom is 0.329 e. The first-order valence-corrected chi connectivity index (χ1v) is 7.58. The maximum atomic E-state index is 11.6. The Labute approximate surface area is 139 Å². The number of benzene rings is 1. The molecule has 1 aromatic carbocycles. The summed E-state index contributed by atoms with van der Waals surface area (Å²) in [4.78, 5) is 34.2. The van der Waals surface area contributed by atoms with Crippen LogP contribution in [0.2, 0.25) is 0 Å². The molecule has 2 rings (SSSR count). The van der Waals surface area contributed by atoms with Gasteiger partial charge >= 0.3 is 5.97 Å². The van der Waals surface area contributed by atoms with E-state index in [9.17, 15) is 14.4 Å². The van der Waals surface area contributed by atoms with Crippen LogP contribution < -0.4 is 20.1 Å². The second-order valence-electron chi connectivity index (χ2n) is 5.12. The minimum absolute atomic E-state index is 0.185. The van der Waals surface area contributed by atoms with E-state index < -0.39 is 17.9 Å². The van der Waals surface area contributed by atoms with Gasteiger partial charge in [-0.25, -0.2) is 4.79 Å². The molecule has 0 aliphatic carbocycles. The number of carbonyl (C=O) groups is 3. The molecule has 0 saturated carbocycles. The van der Waals surface area contributed by atoms with Gasteiger partial charge in [0.25, 0.3) is 5.91 Å². The van der Waals surface area contributed by atoms with Gasteiger partial charge in [0.05, 0.1) is 13.7 Å². The molecule has 1 fully saturated rings. The van der Waals surface area contributed by atoms with Crippen molar-refractivity contribution in [2.45, 2.75) is 18.9 Å². The molecule has 1 saturated heterocycles. The molecule has 0 unspecified atom stereocenters. The summed E-state index contributed by atoms with van der Waals surface area (Å²) in [5.74, 6) is -0.0264. The Hall–Kier alpha value is -2.77. The van der Waals surface area contributed by atoms with Gasteiger partial charge in [0.1, 0.15) is 12.6 Å². The molecule has 0 aromatic heterocycles. The number of carbonyl (C=O) groups excluding carboxylic acids is 3. The van der Waals surface area contributed by atoms with Gasteiger partial charge in [0.15, 0.2) is 18.1 Å². The van der Waals surface area contributed by atoms with Crippen molar-refractivity contribution in [3.05, 3.63) is 24.3 Å². The van der Waals surface area contributed by atoms with Crippen LogP contribution in [0.25, 0.3) is 0 Å². The van der Waals surface area contributed by atoms with Crippen molar-refractivity contribution in [2.24, 2.45) is 0 Å². The Kier molecular flexibility index (Phi) is 6.41. The quantitative estimate of drug-likeness (QED) is 0.512. The molecule has 24 heavy (non-hydrogen) atoms. The third-order valence-corrected chi connectivity index (χ3v) is 3.38. The lowest BCUT2D eigenvalue weighted by atomic mass is 10.2. The summed E-state index contributed by atoms with van der Waals surface area (Å²) in [5.41, 5.74) is 0. The highest BCUT2D eigenvalue weighted by molar-refractivity contribution is 5.89. The first kappa shape index (κ1) is 17.6. The van der Waals surface area contributed by atoms with Crippen LogP contribution in [0.5, 0.6) is 11.5 Å². The zero-order valence-electron chi connectivity index (χ0n) is 13.4. The summed E-state index contributed by atoms with van der Waals surface area (Å²) in [6, 6.07) is 6.53. The summed E-state index contributed by atoms with van der Waals surface area (Å²) in [6.07, 6.45) is 0.693. The first-order valence-electron chi connectivity index (χ1n) is 7.58. The number of methoxy groups -OCH3 is 1. The van der Waals surface area contributed by atoms with Crippen molar-refractivity contribution in [3.8, 4) is 11.5 Å². The van der Waals surface area contributed by atoms with Gasteiger partial charge in [0.2, 0.25) is 5.91 Å². The number of esters is 1. The van der Waals surface area contributed by atoms with E-state index in [1.165, 1.54) is 0 Å². The zero-order chi connectivity index (χ0) is 17.4. The first-order chi connectivity index (χ1) is 11.6. The molecule has 1 atom stereocenters. The van der Waals surface area contributed by atoms with Crippen LogP contribution >= 0.6 is 0 Å². The molecule has 1 aliphatic heterocycles. The van der Waals surface area contributed by atoms with E-state index in [2.05, 4.69) is 10.6 Å². The number of hydrogen-bond donors (Lipinski definition) is 2. The molecule has 0 radical (unpaired) electrons. The average molecular weight is 336 g/mol. The van der Waals surface area contributed by atoms with Crippen LogP contribution in [0.4, 0.5) is 0 Å². The van der Waals surface area contributed by atoms with Gasteiger partial charge in [-0.15, -0.1) is 0 Å². The summed E-state index contributed by atoms with van der Waals surface area (Å²) < 4.78 is 15.5. The maximum absolute atomic E-state index is 11.6. The molecule has 2 amide bonds. The molecule has 8 nitrogen and oxygen atoms in total. The molecule has 1 aromatic rings. The second kappa shape index (κ2) is 8.76. The highest BCUT2D eigenvalue weighted by Gasteiger charge is 2.28. The zero-order valence-corrected chi connectivity index (χ0v) is 13.4. The van der Waals surface area contributed by atoms with Gasteiger partial charge in [0, 0.05) is 6.42 Å². The molecular weight excluding hydrogens is 316 g/mol. The van der Waals surface area contributed by atoms with Crippen molar-refractivity contribution in [3.63, 3.8) is 0 Å². The molecule has 0 bridgehead atoms. The molecule has 1 aliphatic rings. The second-order valence-corrected chi connectivity index (χ2v) is 5.12. The molecule has 8 heteroatoms. The van der Waals surface area contributed by atoms with Gasteiger partial charge in [-0.3, -0.25) is 9.59 Å². The van der Waals surface area contributed by atoms with Gasteiger partial charge in [-0.1, -0.05) is 12.1 Å². The van der Waals surface area contributed by atoms with E-state index in [1.807, 2.05) is 12.1 Å². The van der Waals surface area contributed by atoms with Gasteiger partial charge in [-0.2, -0.15) is 0 Å². The molecular formula is C16H20N2O6. The van der Waals surface area contributed by atoms with Crippen LogP contribution in [-0.2, 0) is 19.1 Å². The number of rotatable bonds is 8. The largest absolute Gasteiger partial charge is 0.493 e. The molecule has 0 spiro atoms. The Bertz CT molecular complexity index is 604. The topological polar surface area (TPSA) is 103 Å². The molecule has 1 heterocycles. The standard InChI is InChI=1S/C16H20N2O6/c1-22-12-4-2-3-5-13(12)23-9-8-17-15(20)10-24-16(21)11-6-7-14(19)18-11/h2-5,11H,6-10H2,1H3,(H,17,20)(H,18,19)/t11-/m0/s1. The van der Waals surface area contributed by atoms with Crippen LogP contribution in [0.1, 0.15) is 12.8 Å². The van der Waals surface area contributed by atoms with Crippen LogP contribution in [0.15, 0.2) is 24.3 Å². The minimum atomic E-state index is -0.654. The van der Waals surface area contributed by atoms with Crippen molar-refractivity contribution < 1.29 is 28.6 Å². The predicted octanol–water partition coefficient (Wildman–Crippen LogP) is 0.0120. The summed E-state index contributed by atoms with van der Waals surface area (Å²) in [7, 11) is 1.55. The van der Waals surface area contributed by atoms with Gasteiger partial charge in [-0.05, 0) is 18.6 Å². The number of nitrogens with one attached hydrogen (secondary N) is 2. The number of amides is 2. The Balaban J connectivity index is 1.61. The van der Waals surface area contributed by atoms with Crippen molar-refractivity contribution in [2.75, 3.05) is 26.9 Å². The lowest BCUT2D eigenvalue weighted by Gasteiger charge is -2.12. The molecule has 2 N–H and O–H groups in total. The highest BCUT2D eigenvalue weighted by atomic mass is 16.5. The molecule has 130 valence electrons. The Morgan fingerprint density at radius 2 is 2.04 bits per heavy atom. The van der Waals surface area contributed by atoms with E-state index >= 15 is 0 Å². The normalized spacial score (nSPS) is 16.2. The van der Waals surface area contributed by atoms with E-state index in [1.54, 1.807) is 19.2 Å². The Morgan fingerprint density at radius 3 is 2.71 bits per heavy atom. The third-order valence-electron chi connectivity index (χ3n) is 3.38. The van der Waals surface area contributed by atoms with Crippen molar-refractivity contribution >= 4 is 17.8 Å². The monoisotopic (exact) mass is 336 g/mol. The van der Waals surface area contributed by atoms with E-state index in [0.29, 0.717) is 24.3 Å². The summed E-state index contributed by atoms with van der Waals surface area (Å²) >= 11 is 0. The lowest BCUT2D eigenvalue weighted by molar-refractivity contribution is -0.150. The number of hydrogen-bond acceptors (Lipinski definition) is 6. The van der Waals surface area contributed by atoms with E-state index in [4.69, 9.17) is 14.2 Å². The van der Waals surface area contributed by atoms with Crippen LogP contribution in [-0.4, -0.2) is 50.7 Å². The van der Waals surface area contributed by atoms with Crippen LogP contribution in [0.3, 0.4) is 0 Å². The van der Waals surface area contributed by atoms with Crippen molar-refractivity contribution in [1.29, 1.82) is 0 Å². The number of ether oxygens (including phenoxy) is 3. The summed E-state index contributed by atoms with van der Waals surface area (Å²) in [5, 5.41) is 5.06. The van der Waals surface area contributed by atoms with E-state index in [0.717, 1.165) is 0 Å². The Morgan fingerprint density at radius 1 is 1.29 bits per heavy atom. The summed E-state index contributed by atoms with van der Waals surface area (Å²) in [6.45, 7) is 0.118. The number of para-hydroxylation sites is 2. The third kappa shape index (κ3) is 5.15. The SMILES string of the molecule is COc1ccccc1OCCNC(=O)COC(=O)[C@@H]1CCC(=O)N1.